The quantitative estimate of drug-likeness (QED) is 0.731. The maximum absolute atomic E-state index is 13.1. The molecule has 0 aliphatic rings. The van der Waals surface area contributed by atoms with Gasteiger partial charge >= 0.3 is 0 Å². The summed E-state index contributed by atoms with van der Waals surface area (Å²) in [6, 6.07) is 7.83. The highest BCUT2D eigenvalue weighted by Crippen LogP contribution is 2.21. The van der Waals surface area contributed by atoms with Crippen LogP contribution in [0.2, 0.25) is 0 Å². The summed E-state index contributed by atoms with van der Waals surface area (Å²) < 4.78 is 19.5. The average Bonchev–Trinajstić information content (AvgIpc) is 3.00. The predicted octanol–water partition coefficient (Wildman–Crippen LogP) is 1.91. The summed E-state index contributed by atoms with van der Waals surface area (Å²) in [7, 11) is 1.57. The zero-order chi connectivity index (χ0) is 16.2. The molecule has 6 nitrogen and oxygen atoms in total. The Balaban J connectivity index is 1.97. The van der Waals surface area contributed by atoms with Gasteiger partial charge in [-0.15, -0.1) is 0 Å². The number of amides is 1. The molecule has 0 fully saturated rings. The molecule has 1 aromatic carbocycles. The summed E-state index contributed by atoms with van der Waals surface area (Å²) in [4.78, 5) is 16.4. The Morgan fingerprint density at radius 3 is 2.83 bits per heavy atom. The van der Waals surface area contributed by atoms with Crippen molar-refractivity contribution in [2.75, 3.05) is 20.3 Å². The third-order valence-electron chi connectivity index (χ3n) is 3.38. The second-order valence-corrected chi connectivity index (χ2v) is 4.88. The number of fused-ring (bicyclic) bond motifs is 1. The van der Waals surface area contributed by atoms with Gasteiger partial charge in [-0.1, -0.05) is 0 Å². The lowest BCUT2D eigenvalue weighted by atomic mass is 10.1. The molecule has 0 radical (unpaired) electrons. The second-order valence-electron chi connectivity index (χ2n) is 4.88. The highest BCUT2D eigenvalue weighted by molar-refractivity contribution is 5.99. The first-order valence-corrected chi connectivity index (χ1v) is 7.06. The SMILES string of the molecule is COCCNC(=O)c1cnn2c(-c3ccc(F)cc3)ccnc12. The van der Waals surface area contributed by atoms with Gasteiger partial charge in [0.05, 0.1) is 18.5 Å². The summed E-state index contributed by atoms with van der Waals surface area (Å²) in [5.74, 6) is -0.571. The van der Waals surface area contributed by atoms with Gasteiger partial charge in [0, 0.05) is 25.4 Å². The van der Waals surface area contributed by atoms with Crippen LogP contribution in [0.15, 0.2) is 42.7 Å². The van der Waals surface area contributed by atoms with Gasteiger partial charge in [0.25, 0.3) is 5.91 Å². The zero-order valence-corrected chi connectivity index (χ0v) is 12.5. The van der Waals surface area contributed by atoms with E-state index in [2.05, 4.69) is 15.4 Å². The fourth-order valence-corrected chi connectivity index (χ4v) is 2.25. The molecule has 0 aliphatic heterocycles. The third kappa shape index (κ3) is 3.04. The number of halogens is 1. The third-order valence-corrected chi connectivity index (χ3v) is 3.38. The molecule has 118 valence electrons. The number of hydrogen-bond acceptors (Lipinski definition) is 4. The number of methoxy groups -OCH3 is 1. The van der Waals surface area contributed by atoms with Gasteiger partial charge in [-0.05, 0) is 30.3 Å². The highest BCUT2D eigenvalue weighted by atomic mass is 19.1. The maximum atomic E-state index is 13.1. The van der Waals surface area contributed by atoms with Crippen molar-refractivity contribution < 1.29 is 13.9 Å². The molecule has 0 aliphatic carbocycles. The molecule has 3 aromatic rings. The number of nitrogens with one attached hydrogen (secondary N) is 1. The van der Waals surface area contributed by atoms with E-state index in [1.165, 1.54) is 18.3 Å². The van der Waals surface area contributed by atoms with Gasteiger partial charge < -0.3 is 10.1 Å². The van der Waals surface area contributed by atoms with Gasteiger partial charge in [0.15, 0.2) is 5.65 Å². The van der Waals surface area contributed by atoms with E-state index in [-0.39, 0.29) is 11.7 Å². The highest BCUT2D eigenvalue weighted by Gasteiger charge is 2.15. The molecule has 7 heteroatoms. The van der Waals surface area contributed by atoms with Crippen molar-refractivity contribution in [2.45, 2.75) is 0 Å². The van der Waals surface area contributed by atoms with Crippen molar-refractivity contribution >= 4 is 11.6 Å². The monoisotopic (exact) mass is 314 g/mol. The molecular formula is C16H15FN4O2. The van der Waals surface area contributed by atoms with Crippen LogP contribution in [0.5, 0.6) is 0 Å². The van der Waals surface area contributed by atoms with Crippen LogP contribution < -0.4 is 5.32 Å². The summed E-state index contributed by atoms with van der Waals surface area (Å²) in [6.07, 6.45) is 3.07. The second kappa shape index (κ2) is 6.53. The van der Waals surface area contributed by atoms with Crippen LogP contribution >= 0.6 is 0 Å². The maximum Gasteiger partial charge on any atom is 0.256 e. The van der Waals surface area contributed by atoms with Crippen molar-refractivity contribution in [3.63, 3.8) is 0 Å². The molecule has 0 bridgehead atoms. The van der Waals surface area contributed by atoms with Gasteiger partial charge in [-0.3, -0.25) is 4.79 Å². The molecule has 0 unspecified atom stereocenters. The van der Waals surface area contributed by atoms with Crippen molar-refractivity contribution in [2.24, 2.45) is 0 Å². The Bertz CT molecular complexity index is 830. The van der Waals surface area contributed by atoms with Crippen LogP contribution in [-0.2, 0) is 4.74 Å². The molecule has 0 saturated carbocycles. The van der Waals surface area contributed by atoms with E-state index in [4.69, 9.17) is 4.74 Å². The minimum absolute atomic E-state index is 0.263. The molecule has 3 rings (SSSR count). The fourth-order valence-electron chi connectivity index (χ4n) is 2.25. The summed E-state index contributed by atoms with van der Waals surface area (Å²) in [5, 5.41) is 6.97. The minimum Gasteiger partial charge on any atom is -0.383 e. The van der Waals surface area contributed by atoms with E-state index in [0.29, 0.717) is 24.4 Å². The lowest BCUT2D eigenvalue weighted by molar-refractivity contribution is 0.0938. The lowest BCUT2D eigenvalue weighted by Crippen LogP contribution is -2.26. The Hall–Kier alpha value is -2.80. The number of aromatic nitrogens is 3. The predicted molar refractivity (Wildman–Crippen MR) is 82.6 cm³/mol. The number of benzene rings is 1. The first kappa shape index (κ1) is 15.1. The first-order chi connectivity index (χ1) is 11.2. The molecule has 23 heavy (non-hydrogen) atoms. The van der Waals surface area contributed by atoms with Crippen LogP contribution in [0.1, 0.15) is 10.4 Å². The van der Waals surface area contributed by atoms with Gasteiger partial charge in [-0.25, -0.2) is 13.9 Å². The van der Waals surface area contributed by atoms with E-state index in [0.717, 1.165) is 11.3 Å². The molecule has 2 heterocycles. The van der Waals surface area contributed by atoms with E-state index >= 15 is 0 Å². The average molecular weight is 314 g/mol. The molecule has 0 spiro atoms. The smallest absolute Gasteiger partial charge is 0.256 e. The molecule has 2 aromatic heterocycles. The van der Waals surface area contributed by atoms with Crippen LogP contribution in [0, 0.1) is 5.82 Å². The van der Waals surface area contributed by atoms with E-state index in [1.54, 1.807) is 36.0 Å². The van der Waals surface area contributed by atoms with Crippen molar-refractivity contribution in [1.29, 1.82) is 0 Å². The van der Waals surface area contributed by atoms with Crippen LogP contribution in [0.3, 0.4) is 0 Å². The number of carbonyl (C=O) groups excluding carboxylic acids is 1. The number of carbonyl (C=O) groups is 1. The molecule has 0 saturated heterocycles. The van der Waals surface area contributed by atoms with E-state index < -0.39 is 0 Å². The van der Waals surface area contributed by atoms with Crippen LogP contribution in [-0.4, -0.2) is 40.8 Å². The standard InChI is InChI=1S/C16H15FN4O2/c1-23-9-8-19-16(22)13-10-20-21-14(6-7-18-15(13)21)11-2-4-12(17)5-3-11/h2-7,10H,8-9H2,1H3,(H,19,22). The Morgan fingerprint density at radius 2 is 2.09 bits per heavy atom. The summed E-state index contributed by atoms with van der Waals surface area (Å²) in [6.45, 7) is 0.837. The summed E-state index contributed by atoms with van der Waals surface area (Å²) >= 11 is 0. The topological polar surface area (TPSA) is 68.5 Å². The molecule has 0 atom stereocenters. The van der Waals surface area contributed by atoms with Gasteiger partial charge in [-0.2, -0.15) is 5.10 Å². The van der Waals surface area contributed by atoms with Crippen molar-refractivity contribution in [3.05, 3.63) is 54.1 Å². The van der Waals surface area contributed by atoms with Crippen LogP contribution in [0.4, 0.5) is 4.39 Å². The minimum atomic E-state index is -0.308. The lowest BCUT2D eigenvalue weighted by Gasteiger charge is -2.05. The normalized spacial score (nSPS) is 10.9. The molecule has 1 N–H and O–H groups in total. The number of hydrogen-bond donors (Lipinski definition) is 1. The largest absolute Gasteiger partial charge is 0.383 e. The van der Waals surface area contributed by atoms with Crippen molar-refractivity contribution in [1.82, 2.24) is 19.9 Å². The molecular weight excluding hydrogens is 299 g/mol. The number of nitrogens with zero attached hydrogens (tertiary/aromatic N) is 3. The first-order valence-electron chi connectivity index (χ1n) is 7.06. The zero-order valence-electron chi connectivity index (χ0n) is 12.5. The van der Waals surface area contributed by atoms with E-state index in [1.807, 2.05) is 0 Å². The van der Waals surface area contributed by atoms with E-state index in [9.17, 15) is 9.18 Å². The number of ether oxygens (including phenoxy) is 1. The van der Waals surface area contributed by atoms with Gasteiger partial charge in [0.1, 0.15) is 11.4 Å². The molecule has 1 amide bonds. The summed E-state index contributed by atoms with van der Waals surface area (Å²) in [5.41, 5.74) is 2.34. The van der Waals surface area contributed by atoms with Crippen LogP contribution in [0.25, 0.3) is 16.9 Å². The Labute approximate surface area is 131 Å². The van der Waals surface area contributed by atoms with Gasteiger partial charge in [0.2, 0.25) is 0 Å². The Kier molecular flexibility index (Phi) is 4.29. The number of rotatable bonds is 5. The van der Waals surface area contributed by atoms with Crippen molar-refractivity contribution in [3.8, 4) is 11.3 Å². The Morgan fingerprint density at radius 1 is 1.30 bits per heavy atom. The fraction of sp³-hybridized carbons (Fsp3) is 0.188.